The molecule has 0 amide bonds. The first kappa shape index (κ1) is 9.96. The molecular formula is C9H20O. The zero-order valence-electron chi connectivity index (χ0n) is 7.52. The first-order valence-electron chi connectivity index (χ1n) is 4.51. The minimum Gasteiger partial charge on any atom is -0.381 e. The summed E-state index contributed by atoms with van der Waals surface area (Å²) in [7, 11) is 0. The van der Waals surface area contributed by atoms with Gasteiger partial charge in [-0.05, 0) is 18.8 Å². The van der Waals surface area contributed by atoms with Crippen LogP contribution in [0, 0.1) is 5.92 Å². The highest BCUT2D eigenvalue weighted by atomic mass is 16.5. The molecule has 1 aliphatic heterocycles. The van der Waals surface area contributed by atoms with Crippen LogP contribution in [-0.2, 0) is 4.74 Å². The predicted molar refractivity (Wildman–Crippen MR) is 45.2 cm³/mol. The van der Waals surface area contributed by atoms with Crippen LogP contribution in [0.4, 0.5) is 0 Å². The highest BCUT2D eigenvalue weighted by Gasteiger charge is 2.09. The molecule has 1 heteroatoms. The smallest absolute Gasteiger partial charge is 0.0468 e. The summed E-state index contributed by atoms with van der Waals surface area (Å²) in [6, 6.07) is 0. The lowest BCUT2D eigenvalue weighted by Crippen LogP contribution is -2.14. The van der Waals surface area contributed by atoms with Crippen LogP contribution < -0.4 is 0 Å². The molecule has 0 aromatic carbocycles. The summed E-state index contributed by atoms with van der Waals surface area (Å²) in [4.78, 5) is 0. The molecule has 0 aromatic heterocycles. The molecule has 1 nitrogen and oxygen atoms in total. The third-order valence-corrected chi connectivity index (χ3v) is 1.92. The van der Waals surface area contributed by atoms with E-state index >= 15 is 0 Å². The Labute approximate surface area is 64.8 Å². The van der Waals surface area contributed by atoms with E-state index in [2.05, 4.69) is 6.92 Å². The molecule has 1 aliphatic rings. The van der Waals surface area contributed by atoms with Gasteiger partial charge in [-0.3, -0.25) is 0 Å². The number of ether oxygens (including phenoxy) is 1. The molecule has 0 bridgehead atoms. The molecule has 1 fully saturated rings. The topological polar surface area (TPSA) is 9.23 Å². The van der Waals surface area contributed by atoms with E-state index in [9.17, 15) is 0 Å². The third kappa shape index (κ3) is 3.89. The Morgan fingerprint density at radius 2 is 1.70 bits per heavy atom. The molecule has 0 radical (unpaired) electrons. The first-order valence-corrected chi connectivity index (χ1v) is 4.51. The molecule has 62 valence electrons. The van der Waals surface area contributed by atoms with Gasteiger partial charge in [0.05, 0.1) is 0 Å². The summed E-state index contributed by atoms with van der Waals surface area (Å²) >= 11 is 0. The van der Waals surface area contributed by atoms with Crippen molar-refractivity contribution in [2.75, 3.05) is 13.2 Å². The van der Waals surface area contributed by atoms with Gasteiger partial charge in [0.1, 0.15) is 0 Å². The van der Waals surface area contributed by atoms with Gasteiger partial charge in [-0.1, -0.05) is 27.2 Å². The van der Waals surface area contributed by atoms with E-state index in [0.29, 0.717) is 0 Å². The quantitative estimate of drug-likeness (QED) is 0.550. The number of hydrogen-bond donors (Lipinski definition) is 0. The molecule has 0 aromatic rings. The minimum atomic E-state index is 0.962. The first-order chi connectivity index (χ1) is 4.93. The van der Waals surface area contributed by atoms with E-state index in [4.69, 9.17) is 4.74 Å². The summed E-state index contributed by atoms with van der Waals surface area (Å²) in [5.74, 6) is 0.962. The van der Waals surface area contributed by atoms with Crippen LogP contribution in [-0.4, -0.2) is 13.2 Å². The third-order valence-electron chi connectivity index (χ3n) is 1.92. The Morgan fingerprint density at radius 1 is 1.20 bits per heavy atom. The van der Waals surface area contributed by atoms with Gasteiger partial charge < -0.3 is 4.74 Å². The molecule has 1 rings (SSSR count). The Hall–Kier alpha value is -0.0400. The lowest BCUT2D eigenvalue weighted by molar-refractivity contribution is 0.0654. The monoisotopic (exact) mass is 144 g/mol. The molecule has 0 unspecified atom stereocenters. The van der Waals surface area contributed by atoms with Crippen molar-refractivity contribution in [3.05, 3.63) is 0 Å². The fourth-order valence-corrected chi connectivity index (χ4v) is 1.15. The summed E-state index contributed by atoms with van der Waals surface area (Å²) < 4.78 is 5.20. The van der Waals surface area contributed by atoms with Gasteiger partial charge in [-0.15, -0.1) is 0 Å². The van der Waals surface area contributed by atoms with Crippen molar-refractivity contribution in [3.63, 3.8) is 0 Å². The minimum absolute atomic E-state index is 0.962. The maximum atomic E-state index is 5.20. The van der Waals surface area contributed by atoms with Gasteiger partial charge in [-0.25, -0.2) is 0 Å². The van der Waals surface area contributed by atoms with Crippen LogP contribution >= 0.6 is 0 Å². The van der Waals surface area contributed by atoms with Gasteiger partial charge in [0.15, 0.2) is 0 Å². The van der Waals surface area contributed by atoms with Gasteiger partial charge in [0.2, 0.25) is 0 Å². The van der Waals surface area contributed by atoms with Crippen molar-refractivity contribution in [3.8, 4) is 0 Å². The molecular weight excluding hydrogens is 124 g/mol. The lowest BCUT2D eigenvalue weighted by atomic mass is 9.98. The molecule has 1 heterocycles. The zero-order chi connectivity index (χ0) is 7.82. The Morgan fingerprint density at radius 3 is 2.00 bits per heavy atom. The van der Waals surface area contributed by atoms with Crippen LogP contribution in [0.2, 0.25) is 0 Å². The van der Waals surface area contributed by atoms with Crippen LogP contribution in [0.25, 0.3) is 0 Å². The molecule has 10 heavy (non-hydrogen) atoms. The van der Waals surface area contributed by atoms with Crippen molar-refractivity contribution in [1.82, 2.24) is 0 Å². The molecule has 0 aliphatic carbocycles. The maximum Gasteiger partial charge on any atom is 0.0468 e. The maximum absolute atomic E-state index is 5.20. The molecule has 0 saturated carbocycles. The summed E-state index contributed by atoms with van der Waals surface area (Å²) in [6.45, 7) is 8.26. The Bertz CT molecular complexity index is 55.7. The normalized spacial score (nSPS) is 19.5. The van der Waals surface area contributed by atoms with E-state index < -0.39 is 0 Å². The van der Waals surface area contributed by atoms with E-state index in [-0.39, 0.29) is 0 Å². The number of hydrogen-bond acceptors (Lipinski definition) is 1. The standard InChI is InChI=1S/C7H14O.C2H6/c1-2-7-3-5-8-6-4-7;1-2/h7H,2-6H2,1H3;1-2H3. The average Bonchev–Trinajstić information content (AvgIpc) is 2.10. The largest absolute Gasteiger partial charge is 0.381 e. The summed E-state index contributed by atoms with van der Waals surface area (Å²) in [5, 5.41) is 0. The fraction of sp³-hybridized carbons (Fsp3) is 1.00. The van der Waals surface area contributed by atoms with Crippen LogP contribution in [0.3, 0.4) is 0 Å². The fourth-order valence-electron chi connectivity index (χ4n) is 1.15. The van der Waals surface area contributed by atoms with Crippen molar-refractivity contribution in [1.29, 1.82) is 0 Å². The van der Waals surface area contributed by atoms with Gasteiger partial charge in [0.25, 0.3) is 0 Å². The van der Waals surface area contributed by atoms with Gasteiger partial charge in [-0.2, -0.15) is 0 Å². The number of rotatable bonds is 1. The highest BCUT2D eigenvalue weighted by molar-refractivity contribution is 4.60. The van der Waals surface area contributed by atoms with E-state index in [1.54, 1.807) is 0 Å². The van der Waals surface area contributed by atoms with Crippen LogP contribution in [0.15, 0.2) is 0 Å². The van der Waals surface area contributed by atoms with Gasteiger partial charge >= 0.3 is 0 Å². The highest BCUT2D eigenvalue weighted by Crippen LogP contribution is 2.16. The van der Waals surface area contributed by atoms with Crippen LogP contribution in [0.1, 0.15) is 40.0 Å². The Balaban J connectivity index is 0.000000371. The second-order valence-electron chi connectivity index (χ2n) is 2.46. The van der Waals surface area contributed by atoms with E-state index in [1.807, 2.05) is 13.8 Å². The van der Waals surface area contributed by atoms with Crippen molar-refractivity contribution in [2.24, 2.45) is 5.92 Å². The van der Waals surface area contributed by atoms with Crippen molar-refractivity contribution >= 4 is 0 Å². The molecule has 1 saturated heterocycles. The molecule has 0 spiro atoms. The average molecular weight is 144 g/mol. The summed E-state index contributed by atoms with van der Waals surface area (Å²) in [6.07, 6.45) is 3.91. The second kappa shape index (κ2) is 7.07. The SMILES string of the molecule is CC.CCC1CCOCC1. The zero-order valence-corrected chi connectivity index (χ0v) is 7.52. The summed E-state index contributed by atoms with van der Waals surface area (Å²) in [5.41, 5.74) is 0. The lowest BCUT2D eigenvalue weighted by Gasteiger charge is -2.19. The molecule has 0 atom stereocenters. The van der Waals surface area contributed by atoms with Crippen molar-refractivity contribution < 1.29 is 4.74 Å². The van der Waals surface area contributed by atoms with Crippen molar-refractivity contribution in [2.45, 2.75) is 40.0 Å². The van der Waals surface area contributed by atoms with Crippen LogP contribution in [0.5, 0.6) is 0 Å². The van der Waals surface area contributed by atoms with Gasteiger partial charge in [0, 0.05) is 13.2 Å². The van der Waals surface area contributed by atoms with E-state index in [1.165, 1.54) is 19.3 Å². The second-order valence-corrected chi connectivity index (χ2v) is 2.46. The molecule has 0 N–H and O–H groups in total. The Kier molecular flexibility index (Phi) is 7.04. The predicted octanol–water partition coefficient (Wildman–Crippen LogP) is 2.85. The van der Waals surface area contributed by atoms with E-state index in [0.717, 1.165) is 19.1 Å².